The normalized spacial score (nSPS) is 20.4. The van der Waals surface area contributed by atoms with Gasteiger partial charge in [-0.1, -0.05) is 19.9 Å². The molecule has 4 rings (SSSR count). The average molecular weight is 351 g/mol. The number of hydrogen-bond donors (Lipinski definition) is 2. The predicted molar refractivity (Wildman–Crippen MR) is 103 cm³/mol. The molecule has 0 spiro atoms. The van der Waals surface area contributed by atoms with Crippen molar-refractivity contribution in [1.82, 2.24) is 20.2 Å². The zero-order valence-corrected chi connectivity index (χ0v) is 15.5. The summed E-state index contributed by atoms with van der Waals surface area (Å²) in [6, 6.07) is 8.69. The van der Waals surface area contributed by atoms with Gasteiger partial charge in [-0.2, -0.15) is 5.10 Å². The largest absolute Gasteiger partial charge is 0.391 e. The van der Waals surface area contributed by atoms with Gasteiger partial charge in [0.15, 0.2) is 0 Å². The van der Waals surface area contributed by atoms with Crippen LogP contribution in [0.5, 0.6) is 0 Å². The van der Waals surface area contributed by atoms with Crippen molar-refractivity contribution in [3.8, 4) is 11.4 Å². The summed E-state index contributed by atoms with van der Waals surface area (Å²) in [5.41, 5.74) is 3.97. The van der Waals surface area contributed by atoms with Crippen LogP contribution in [0.4, 0.5) is 5.82 Å². The Kier molecular flexibility index (Phi) is 4.36. The molecule has 3 aromatic rings. The molecule has 0 amide bonds. The molecule has 0 saturated carbocycles. The van der Waals surface area contributed by atoms with Crippen LogP contribution in [0, 0.1) is 5.92 Å². The minimum atomic E-state index is -0.298. The van der Waals surface area contributed by atoms with Crippen LogP contribution < -0.4 is 4.90 Å². The van der Waals surface area contributed by atoms with Crippen molar-refractivity contribution in [2.24, 2.45) is 5.92 Å². The van der Waals surface area contributed by atoms with E-state index in [9.17, 15) is 5.11 Å². The number of rotatable bonds is 4. The second-order valence-corrected chi connectivity index (χ2v) is 7.70. The lowest BCUT2D eigenvalue weighted by Crippen LogP contribution is -2.28. The van der Waals surface area contributed by atoms with E-state index in [4.69, 9.17) is 0 Å². The van der Waals surface area contributed by atoms with E-state index in [1.165, 1.54) is 5.56 Å². The number of aliphatic hydroxyl groups is 1. The van der Waals surface area contributed by atoms with Crippen molar-refractivity contribution in [2.75, 3.05) is 11.4 Å². The van der Waals surface area contributed by atoms with E-state index in [1.807, 2.05) is 6.07 Å². The predicted octanol–water partition coefficient (Wildman–Crippen LogP) is 3.18. The van der Waals surface area contributed by atoms with Crippen LogP contribution in [0.25, 0.3) is 22.3 Å². The first-order valence-corrected chi connectivity index (χ1v) is 9.25. The van der Waals surface area contributed by atoms with Gasteiger partial charge >= 0.3 is 0 Å². The summed E-state index contributed by atoms with van der Waals surface area (Å²) in [5.74, 6) is 1.45. The quantitative estimate of drug-likeness (QED) is 0.755. The molecule has 2 unspecified atom stereocenters. The number of hydrogen-bond acceptors (Lipinski definition) is 5. The van der Waals surface area contributed by atoms with Gasteiger partial charge in [-0.15, -0.1) is 0 Å². The number of nitrogens with one attached hydrogen (secondary N) is 1. The Balaban J connectivity index is 1.72. The number of aliphatic hydroxyl groups excluding tert-OH is 1. The maximum atomic E-state index is 9.93. The summed E-state index contributed by atoms with van der Waals surface area (Å²) in [6.45, 7) is 7.17. The molecule has 0 aliphatic carbocycles. The van der Waals surface area contributed by atoms with Crippen LogP contribution in [-0.4, -0.2) is 44.0 Å². The maximum absolute atomic E-state index is 9.93. The van der Waals surface area contributed by atoms with E-state index in [2.05, 4.69) is 64.0 Å². The zero-order valence-electron chi connectivity index (χ0n) is 15.5. The molecule has 0 bridgehead atoms. The fourth-order valence-electron chi connectivity index (χ4n) is 3.81. The molecule has 136 valence electrons. The number of fused-ring (bicyclic) bond motifs is 1. The Morgan fingerprint density at radius 3 is 2.85 bits per heavy atom. The van der Waals surface area contributed by atoms with Gasteiger partial charge in [-0.3, -0.25) is 5.10 Å². The highest BCUT2D eigenvalue weighted by atomic mass is 16.3. The molecule has 1 saturated heterocycles. The average Bonchev–Trinajstić information content (AvgIpc) is 3.17. The molecular formula is C20H25N5O. The summed E-state index contributed by atoms with van der Waals surface area (Å²) < 4.78 is 0. The number of aromatic nitrogens is 4. The molecule has 0 radical (unpaired) electrons. The highest BCUT2D eigenvalue weighted by Gasteiger charge is 2.28. The molecule has 2 atom stereocenters. The summed E-state index contributed by atoms with van der Waals surface area (Å²) in [5, 5.41) is 18.6. The van der Waals surface area contributed by atoms with Gasteiger partial charge in [-0.05, 0) is 43.4 Å². The van der Waals surface area contributed by atoms with Crippen molar-refractivity contribution in [2.45, 2.75) is 45.8 Å². The first kappa shape index (κ1) is 17.0. The molecule has 1 aliphatic heterocycles. The fourth-order valence-corrected chi connectivity index (χ4v) is 3.81. The topological polar surface area (TPSA) is 77.9 Å². The van der Waals surface area contributed by atoms with Crippen LogP contribution in [0.15, 0.2) is 30.6 Å². The van der Waals surface area contributed by atoms with Gasteiger partial charge in [-0.25, -0.2) is 9.97 Å². The Morgan fingerprint density at radius 1 is 1.27 bits per heavy atom. The van der Waals surface area contributed by atoms with Crippen LogP contribution in [0.3, 0.4) is 0 Å². The smallest absolute Gasteiger partial charge is 0.132 e. The molecule has 2 aromatic heterocycles. The van der Waals surface area contributed by atoms with Crippen molar-refractivity contribution in [1.29, 1.82) is 0 Å². The van der Waals surface area contributed by atoms with E-state index in [-0.39, 0.29) is 12.1 Å². The lowest BCUT2D eigenvalue weighted by atomic mass is 10.0. The molecule has 6 heteroatoms. The first-order chi connectivity index (χ1) is 12.5. The first-order valence-electron chi connectivity index (χ1n) is 9.25. The Labute approximate surface area is 153 Å². The number of anilines is 1. The zero-order chi connectivity index (χ0) is 18.3. The number of H-pyrrole nitrogens is 1. The monoisotopic (exact) mass is 351 g/mol. The Hall–Kier alpha value is -2.47. The van der Waals surface area contributed by atoms with E-state index in [1.54, 1.807) is 6.33 Å². The summed E-state index contributed by atoms with van der Waals surface area (Å²) >= 11 is 0. The number of aromatic amines is 1. The molecule has 1 aromatic carbocycles. The van der Waals surface area contributed by atoms with Gasteiger partial charge in [0, 0.05) is 24.0 Å². The highest BCUT2D eigenvalue weighted by molar-refractivity contribution is 5.92. The van der Waals surface area contributed by atoms with Crippen molar-refractivity contribution in [3.05, 3.63) is 36.2 Å². The SMILES string of the molecule is CC(C)Cc1ccc2[nH]nc(-c3cc(N4CC(O)CC4C)ncn3)c2c1. The van der Waals surface area contributed by atoms with Crippen LogP contribution in [-0.2, 0) is 6.42 Å². The molecule has 6 nitrogen and oxygen atoms in total. The van der Waals surface area contributed by atoms with Gasteiger partial charge in [0.25, 0.3) is 0 Å². The summed E-state index contributed by atoms with van der Waals surface area (Å²) in [4.78, 5) is 11.0. The molecule has 2 N–H and O–H groups in total. The number of benzene rings is 1. The number of β-amino-alcohol motifs (C(OH)–C–C–N with tert-alkyl or cyclic N) is 1. The Morgan fingerprint density at radius 2 is 2.12 bits per heavy atom. The lowest BCUT2D eigenvalue weighted by Gasteiger charge is -2.22. The van der Waals surface area contributed by atoms with Crippen LogP contribution in [0.1, 0.15) is 32.8 Å². The molecule has 3 heterocycles. The van der Waals surface area contributed by atoms with Crippen LogP contribution >= 0.6 is 0 Å². The van der Waals surface area contributed by atoms with E-state index in [0.717, 1.165) is 41.0 Å². The summed E-state index contributed by atoms with van der Waals surface area (Å²) in [6.07, 6.45) is 3.09. The van der Waals surface area contributed by atoms with E-state index in [0.29, 0.717) is 12.5 Å². The van der Waals surface area contributed by atoms with Gasteiger partial charge in [0.2, 0.25) is 0 Å². The van der Waals surface area contributed by atoms with Gasteiger partial charge in [0.05, 0.1) is 17.3 Å². The minimum Gasteiger partial charge on any atom is -0.391 e. The maximum Gasteiger partial charge on any atom is 0.132 e. The fraction of sp³-hybridized carbons (Fsp3) is 0.450. The van der Waals surface area contributed by atoms with Crippen molar-refractivity contribution < 1.29 is 5.11 Å². The molecule has 1 aliphatic rings. The van der Waals surface area contributed by atoms with Crippen molar-refractivity contribution in [3.63, 3.8) is 0 Å². The highest BCUT2D eigenvalue weighted by Crippen LogP contribution is 2.30. The molecule has 26 heavy (non-hydrogen) atoms. The lowest BCUT2D eigenvalue weighted by molar-refractivity contribution is 0.195. The molecule has 1 fully saturated rings. The second kappa shape index (κ2) is 6.68. The third-order valence-electron chi connectivity index (χ3n) is 5.01. The van der Waals surface area contributed by atoms with Crippen LogP contribution in [0.2, 0.25) is 0 Å². The molecular weight excluding hydrogens is 326 g/mol. The van der Waals surface area contributed by atoms with E-state index >= 15 is 0 Å². The Bertz CT molecular complexity index is 919. The van der Waals surface area contributed by atoms with Gasteiger partial charge < -0.3 is 10.0 Å². The minimum absolute atomic E-state index is 0.265. The van der Waals surface area contributed by atoms with Crippen molar-refractivity contribution >= 4 is 16.7 Å². The summed E-state index contributed by atoms with van der Waals surface area (Å²) in [7, 11) is 0. The van der Waals surface area contributed by atoms with Gasteiger partial charge in [0.1, 0.15) is 17.8 Å². The standard InChI is InChI=1S/C20H25N5O/c1-12(2)6-14-4-5-17-16(8-14)20(24-23-17)18-9-19(22-11-21-18)25-10-15(26)7-13(25)3/h4-5,8-9,11-13,15,26H,6-7,10H2,1-3H3,(H,23,24). The third-order valence-corrected chi connectivity index (χ3v) is 5.01. The second-order valence-electron chi connectivity index (χ2n) is 7.70. The number of nitrogens with zero attached hydrogens (tertiary/aromatic N) is 4. The van der Waals surface area contributed by atoms with E-state index < -0.39 is 0 Å². The third kappa shape index (κ3) is 3.17.